The molecule has 2 atom stereocenters. The van der Waals surface area contributed by atoms with Crippen molar-refractivity contribution in [2.75, 3.05) is 32.2 Å². The van der Waals surface area contributed by atoms with Crippen LogP contribution in [0.1, 0.15) is 50.3 Å². The molecule has 11 heteroatoms. The van der Waals surface area contributed by atoms with Crippen LogP contribution in [0.15, 0.2) is 65.6 Å². The van der Waals surface area contributed by atoms with Crippen molar-refractivity contribution in [1.82, 2.24) is 10.2 Å². The fraction of sp³-hybridized carbons (Fsp3) is 0.412. The number of hydrogen-bond donors (Lipinski definition) is 1. The summed E-state index contributed by atoms with van der Waals surface area (Å²) in [7, 11) is 0.155. The fourth-order valence-electron chi connectivity index (χ4n) is 5.02. The molecule has 10 nitrogen and oxygen atoms in total. The van der Waals surface area contributed by atoms with Crippen LogP contribution in [0.5, 0.6) is 17.2 Å². The van der Waals surface area contributed by atoms with E-state index in [-0.39, 0.29) is 29.1 Å². The summed E-state index contributed by atoms with van der Waals surface area (Å²) in [4.78, 5) is 29.2. The second-order valence-corrected chi connectivity index (χ2v) is 12.8. The van der Waals surface area contributed by atoms with Crippen LogP contribution in [0.3, 0.4) is 0 Å². The maximum Gasteiger partial charge on any atom is 0.264 e. The number of nitrogens with zero attached hydrogens (tertiary/aromatic N) is 2. The lowest BCUT2D eigenvalue weighted by Crippen LogP contribution is -2.53. The number of sulfonamides is 1. The molecule has 3 rings (SSSR count). The maximum absolute atomic E-state index is 14.4. The molecule has 0 radical (unpaired) electrons. The zero-order chi connectivity index (χ0) is 33.3. The van der Waals surface area contributed by atoms with Crippen LogP contribution in [0.2, 0.25) is 0 Å². The second kappa shape index (κ2) is 15.7. The molecule has 0 spiro atoms. The second-order valence-electron chi connectivity index (χ2n) is 11.0. The van der Waals surface area contributed by atoms with Crippen LogP contribution < -0.4 is 23.8 Å². The summed E-state index contributed by atoms with van der Waals surface area (Å²) in [6.07, 6.45) is 1.05. The van der Waals surface area contributed by atoms with Crippen molar-refractivity contribution in [2.45, 2.75) is 71.0 Å². The van der Waals surface area contributed by atoms with Gasteiger partial charge in [-0.3, -0.25) is 13.9 Å². The highest BCUT2D eigenvalue weighted by atomic mass is 32.2. The van der Waals surface area contributed by atoms with E-state index < -0.39 is 28.5 Å². The molecule has 0 aliphatic carbocycles. The summed E-state index contributed by atoms with van der Waals surface area (Å²) in [6.45, 7) is 8.97. The summed E-state index contributed by atoms with van der Waals surface area (Å²) >= 11 is 0. The largest absolute Gasteiger partial charge is 0.497 e. The number of amides is 2. The Morgan fingerprint density at radius 3 is 1.98 bits per heavy atom. The van der Waals surface area contributed by atoms with Crippen LogP contribution in [0.25, 0.3) is 0 Å². The molecule has 244 valence electrons. The lowest BCUT2D eigenvalue weighted by Gasteiger charge is -2.34. The Labute approximate surface area is 267 Å². The molecule has 2 amide bonds. The number of hydrogen-bond acceptors (Lipinski definition) is 7. The lowest BCUT2D eigenvalue weighted by molar-refractivity contribution is -0.140. The van der Waals surface area contributed by atoms with E-state index in [0.29, 0.717) is 23.6 Å². The van der Waals surface area contributed by atoms with Gasteiger partial charge in [0.05, 0.1) is 31.9 Å². The van der Waals surface area contributed by atoms with Crippen molar-refractivity contribution in [3.63, 3.8) is 0 Å². The van der Waals surface area contributed by atoms with Crippen molar-refractivity contribution in [3.05, 3.63) is 77.4 Å². The number of nitrogens with one attached hydrogen (secondary N) is 1. The zero-order valence-corrected chi connectivity index (χ0v) is 28.2. The van der Waals surface area contributed by atoms with E-state index >= 15 is 0 Å². The van der Waals surface area contributed by atoms with E-state index in [9.17, 15) is 18.0 Å². The molecule has 3 aromatic carbocycles. The van der Waals surface area contributed by atoms with E-state index in [0.717, 1.165) is 27.4 Å². The van der Waals surface area contributed by atoms with Gasteiger partial charge in [-0.2, -0.15) is 0 Å². The van der Waals surface area contributed by atoms with Crippen LogP contribution in [0, 0.1) is 13.8 Å². The van der Waals surface area contributed by atoms with E-state index in [2.05, 4.69) is 5.32 Å². The third-order valence-corrected chi connectivity index (χ3v) is 9.39. The van der Waals surface area contributed by atoms with Crippen LogP contribution in [-0.4, -0.2) is 65.1 Å². The van der Waals surface area contributed by atoms with Gasteiger partial charge in [-0.25, -0.2) is 8.42 Å². The van der Waals surface area contributed by atoms with E-state index in [1.54, 1.807) is 31.4 Å². The quantitative estimate of drug-likeness (QED) is 0.242. The van der Waals surface area contributed by atoms with Gasteiger partial charge < -0.3 is 24.4 Å². The number of anilines is 1. The molecule has 3 aromatic rings. The van der Waals surface area contributed by atoms with Gasteiger partial charge in [0.15, 0.2) is 11.5 Å². The third kappa shape index (κ3) is 8.69. The molecule has 0 aromatic heterocycles. The maximum atomic E-state index is 14.4. The molecule has 0 saturated carbocycles. The van der Waals surface area contributed by atoms with Crippen LogP contribution in [-0.2, 0) is 26.2 Å². The first-order valence-corrected chi connectivity index (χ1v) is 16.4. The van der Waals surface area contributed by atoms with Crippen molar-refractivity contribution in [3.8, 4) is 17.2 Å². The molecule has 1 N–H and O–H groups in total. The number of methoxy groups -OCH3 is 3. The van der Waals surface area contributed by atoms with Gasteiger partial charge >= 0.3 is 0 Å². The Balaban J connectivity index is 2.13. The standard InChI is InChI=1S/C34H45N3O7S/c1-9-25(5)35-34(39)30(10-2)36(21-26-11-13-28(42-6)14-12-26)33(38)22-37(27-18-23(3)17-24(4)19-27)45(40,41)29-15-16-31(43-7)32(20-29)44-8/h11-20,25,30H,9-10,21-22H2,1-8H3,(H,35,39)/t25-,30-/m1/s1. The average molecular weight is 640 g/mol. The highest BCUT2D eigenvalue weighted by Crippen LogP contribution is 2.33. The molecule has 0 bridgehead atoms. The SMILES string of the molecule is CC[C@@H](C)NC(=O)[C@@H](CC)N(Cc1ccc(OC)cc1)C(=O)CN(c1cc(C)cc(C)c1)S(=O)(=O)c1ccc(OC)c(OC)c1. The highest BCUT2D eigenvalue weighted by Gasteiger charge is 2.34. The Morgan fingerprint density at radius 2 is 1.44 bits per heavy atom. The van der Waals surface area contributed by atoms with Crippen LogP contribution in [0.4, 0.5) is 5.69 Å². The molecule has 0 unspecified atom stereocenters. The Morgan fingerprint density at radius 1 is 0.822 bits per heavy atom. The fourth-order valence-corrected chi connectivity index (χ4v) is 6.43. The number of benzene rings is 3. The van der Waals surface area contributed by atoms with Crippen molar-refractivity contribution < 1.29 is 32.2 Å². The topological polar surface area (TPSA) is 114 Å². The number of carbonyl (C=O) groups is 2. The lowest BCUT2D eigenvalue weighted by atomic mass is 10.1. The highest BCUT2D eigenvalue weighted by molar-refractivity contribution is 7.92. The monoisotopic (exact) mass is 639 g/mol. The first-order valence-electron chi connectivity index (χ1n) is 14.9. The molecule has 0 saturated heterocycles. The molecule has 45 heavy (non-hydrogen) atoms. The van der Waals surface area contributed by atoms with Gasteiger partial charge in [0.1, 0.15) is 18.3 Å². The van der Waals surface area contributed by atoms with Gasteiger partial charge in [0.2, 0.25) is 11.8 Å². The molecular weight excluding hydrogens is 594 g/mol. The van der Waals surface area contributed by atoms with Gasteiger partial charge in [0.25, 0.3) is 10.0 Å². The van der Waals surface area contributed by atoms with E-state index in [4.69, 9.17) is 14.2 Å². The average Bonchev–Trinajstić information content (AvgIpc) is 3.02. The van der Waals surface area contributed by atoms with Crippen molar-refractivity contribution in [1.29, 1.82) is 0 Å². The minimum absolute atomic E-state index is 0.0737. The molecular formula is C34H45N3O7S. The Hall–Kier alpha value is -4.25. The first kappa shape index (κ1) is 35.2. The molecule has 0 fully saturated rings. The summed E-state index contributed by atoms with van der Waals surface area (Å²) in [5.41, 5.74) is 2.76. The zero-order valence-electron chi connectivity index (χ0n) is 27.4. The summed E-state index contributed by atoms with van der Waals surface area (Å²) < 4.78 is 45.7. The minimum Gasteiger partial charge on any atom is -0.497 e. The number of aryl methyl sites for hydroxylation is 2. The van der Waals surface area contributed by atoms with Crippen LogP contribution >= 0.6 is 0 Å². The Kier molecular flexibility index (Phi) is 12.3. The van der Waals surface area contributed by atoms with Gasteiger partial charge in [-0.15, -0.1) is 0 Å². The van der Waals surface area contributed by atoms with Crippen molar-refractivity contribution in [2.24, 2.45) is 0 Å². The molecule has 0 aliphatic heterocycles. The van der Waals surface area contributed by atoms with Gasteiger partial charge in [0, 0.05) is 18.7 Å². The Bertz CT molecular complexity index is 1550. The van der Waals surface area contributed by atoms with Crippen molar-refractivity contribution >= 4 is 27.5 Å². The number of rotatable bonds is 15. The molecule has 0 heterocycles. The number of carbonyl (C=O) groups excluding carboxylic acids is 2. The normalized spacial score (nSPS) is 12.5. The van der Waals surface area contributed by atoms with E-state index in [1.807, 2.05) is 52.8 Å². The predicted octanol–water partition coefficient (Wildman–Crippen LogP) is 5.25. The number of ether oxygens (including phenoxy) is 3. The predicted molar refractivity (Wildman–Crippen MR) is 176 cm³/mol. The molecule has 0 aliphatic rings. The third-order valence-electron chi connectivity index (χ3n) is 7.62. The summed E-state index contributed by atoms with van der Waals surface area (Å²) in [5, 5.41) is 2.99. The summed E-state index contributed by atoms with van der Waals surface area (Å²) in [5.74, 6) is 0.434. The smallest absolute Gasteiger partial charge is 0.264 e. The van der Waals surface area contributed by atoms with E-state index in [1.165, 1.54) is 37.3 Å². The van der Waals surface area contributed by atoms with Gasteiger partial charge in [-0.1, -0.05) is 32.0 Å². The minimum atomic E-state index is -4.30. The first-order chi connectivity index (χ1) is 21.4. The summed E-state index contributed by atoms with van der Waals surface area (Å²) in [6, 6.07) is 15.9. The van der Waals surface area contributed by atoms with Gasteiger partial charge in [-0.05, 0) is 86.7 Å².